The summed E-state index contributed by atoms with van der Waals surface area (Å²) in [5.74, 6) is 3.22. The Kier molecular flexibility index (Phi) is 7.03. The molecule has 2 heterocycles. The Morgan fingerprint density at radius 1 is 1.17 bits per heavy atom. The van der Waals surface area contributed by atoms with Gasteiger partial charge in [0.25, 0.3) is 0 Å². The standard InChI is InChI=1S/C22H33N3O4/c1-14(2)11-23-12-15-9-17-18(10-19(27-3)21(29-5)20(17)28-4)24-22(15)25-8-6-7-16(26)13-25/h9-10,14,16,23,26H,6-8,11-13H2,1-5H3. The number of aliphatic hydroxyl groups is 1. The van der Waals surface area contributed by atoms with Gasteiger partial charge in [-0.3, -0.25) is 0 Å². The number of piperidine rings is 1. The third-order valence-corrected chi connectivity index (χ3v) is 5.24. The number of ether oxygens (including phenoxy) is 3. The first kappa shape index (κ1) is 21.5. The fourth-order valence-electron chi connectivity index (χ4n) is 3.87. The summed E-state index contributed by atoms with van der Waals surface area (Å²) >= 11 is 0. The van der Waals surface area contributed by atoms with Gasteiger partial charge in [-0.25, -0.2) is 4.98 Å². The molecule has 0 aliphatic carbocycles. The van der Waals surface area contributed by atoms with Crippen LogP contribution in [-0.2, 0) is 6.54 Å². The van der Waals surface area contributed by atoms with Crippen molar-refractivity contribution in [2.45, 2.75) is 39.3 Å². The van der Waals surface area contributed by atoms with Crippen LogP contribution in [-0.4, -0.2) is 57.2 Å². The molecular formula is C22H33N3O4. The summed E-state index contributed by atoms with van der Waals surface area (Å²) in [4.78, 5) is 7.17. The molecule has 160 valence electrons. The first-order valence-electron chi connectivity index (χ1n) is 10.2. The number of nitrogens with one attached hydrogen (secondary N) is 1. The Hall–Kier alpha value is -2.25. The van der Waals surface area contributed by atoms with Crippen LogP contribution >= 0.6 is 0 Å². The zero-order valence-corrected chi connectivity index (χ0v) is 18.1. The van der Waals surface area contributed by atoms with Gasteiger partial charge in [0.2, 0.25) is 5.75 Å². The quantitative estimate of drug-likeness (QED) is 0.702. The molecule has 1 fully saturated rings. The number of aliphatic hydroxyl groups excluding tert-OH is 1. The molecule has 0 spiro atoms. The number of methoxy groups -OCH3 is 3. The van der Waals surface area contributed by atoms with Crippen molar-refractivity contribution in [1.82, 2.24) is 10.3 Å². The summed E-state index contributed by atoms with van der Waals surface area (Å²) in [5, 5.41) is 14.6. The third-order valence-electron chi connectivity index (χ3n) is 5.24. The number of anilines is 1. The van der Waals surface area contributed by atoms with Gasteiger partial charge in [-0.05, 0) is 31.4 Å². The second kappa shape index (κ2) is 9.50. The summed E-state index contributed by atoms with van der Waals surface area (Å²) < 4.78 is 16.7. The highest BCUT2D eigenvalue weighted by Crippen LogP contribution is 2.44. The zero-order valence-electron chi connectivity index (χ0n) is 18.1. The highest BCUT2D eigenvalue weighted by atomic mass is 16.5. The summed E-state index contributed by atoms with van der Waals surface area (Å²) in [5.41, 5.74) is 1.86. The molecule has 1 aliphatic rings. The van der Waals surface area contributed by atoms with Gasteiger partial charge in [-0.1, -0.05) is 13.8 Å². The van der Waals surface area contributed by atoms with E-state index >= 15 is 0 Å². The minimum atomic E-state index is -0.322. The van der Waals surface area contributed by atoms with Crippen molar-refractivity contribution in [1.29, 1.82) is 0 Å². The molecular weight excluding hydrogens is 370 g/mol. The van der Waals surface area contributed by atoms with E-state index in [9.17, 15) is 5.11 Å². The fraction of sp³-hybridized carbons (Fsp3) is 0.591. The number of nitrogens with zero attached hydrogens (tertiary/aromatic N) is 2. The lowest BCUT2D eigenvalue weighted by atomic mass is 10.1. The number of aromatic nitrogens is 1. The van der Waals surface area contributed by atoms with Crippen LogP contribution in [0.4, 0.5) is 5.82 Å². The lowest BCUT2D eigenvalue weighted by molar-refractivity contribution is 0.154. The number of fused-ring (bicyclic) bond motifs is 1. The zero-order chi connectivity index (χ0) is 21.0. The van der Waals surface area contributed by atoms with Crippen LogP contribution in [0.15, 0.2) is 12.1 Å². The SMILES string of the molecule is COc1cc2nc(N3CCCC(O)C3)c(CNCC(C)C)cc2c(OC)c1OC. The summed E-state index contributed by atoms with van der Waals surface area (Å²) in [6.07, 6.45) is 1.47. The van der Waals surface area contributed by atoms with E-state index in [1.807, 2.05) is 6.07 Å². The van der Waals surface area contributed by atoms with E-state index in [1.54, 1.807) is 21.3 Å². The molecule has 2 aromatic rings. The topological polar surface area (TPSA) is 76.1 Å². The van der Waals surface area contributed by atoms with Crippen LogP contribution in [0, 0.1) is 5.92 Å². The maximum atomic E-state index is 10.2. The highest BCUT2D eigenvalue weighted by molar-refractivity contribution is 5.92. The van der Waals surface area contributed by atoms with Gasteiger partial charge in [-0.2, -0.15) is 0 Å². The van der Waals surface area contributed by atoms with Gasteiger partial charge in [0.15, 0.2) is 11.5 Å². The van der Waals surface area contributed by atoms with Crippen molar-refractivity contribution in [2.75, 3.05) is 45.9 Å². The van der Waals surface area contributed by atoms with Crippen molar-refractivity contribution < 1.29 is 19.3 Å². The van der Waals surface area contributed by atoms with E-state index in [1.165, 1.54) is 0 Å². The van der Waals surface area contributed by atoms with Crippen molar-refractivity contribution in [3.8, 4) is 17.2 Å². The van der Waals surface area contributed by atoms with Crippen LogP contribution in [0.5, 0.6) is 17.2 Å². The lowest BCUT2D eigenvalue weighted by Gasteiger charge is -2.33. The second-order valence-electron chi connectivity index (χ2n) is 7.95. The molecule has 7 nitrogen and oxygen atoms in total. The van der Waals surface area contributed by atoms with E-state index < -0.39 is 0 Å². The third kappa shape index (κ3) is 4.67. The van der Waals surface area contributed by atoms with Gasteiger partial charge in [0.1, 0.15) is 5.82 Å². The average molecular weight is 404 g/mol. The fourth-order valence-corrected chi connectivity index (χ4v) is 3.87. The van der Waals surface area contributed by atoms with Gasteiger partial charge >= 0.3 is 0 Å². The predicted molar refractivity (Wildman–Crippen MR) is 115 cm³/mol. The van der Waals surface area contributed by atoms with Crippen LogP contribution < -0.4 is 24.4 Å². The maximum Gasteiger partial charge on any atom is 0.204 e. The summed E-state index contributed by atoms with van der Waals surface area (Å²) in [6.45, 7) is 7.47. The molecule has 7 heteroatoms. The Morgan fingerprint density at radius 2 is 1.93 bits per heavy atom. The van der Waals surface area contributed by atoms with E-state index in [4.69, 9.17) is 19.2 Å². The van der Waals surface area contributed by atoms with Gasteiger partial charge in [0, 0.05) is 36.7 Å². The number of hydrogen-bond acceptors (Lipinski definition) is 7. The van der Waals surface area contributed by atoms with E-state index in [0.29, 0.717) is 36.3 Å². The first-order chi connectivity index (χ1) is 14.0. The molecule has 1 aromatic heterocycles. The lowest BCUT2D eigenvalue weighted by Crippen LogP contribution is -2.39. The smallest absolute Gasteiger partial charge is 0.204 e. The first-order valence-corrected chi connectivity index (χ1v) is 10.2. The van der Waals surface area contributed by atoms with E-state index in [-0.39, 0.29) is 6.10 Å². The Balaban J connectivity index is 2.12. The van der Waals surface area contributed by atoms with Crippen LogP contribution in [0.2, 0.25) is 0 Å². The van der Waals surface area contributed by atoms with Crippen molar-refractivity contribution in [3.05, 3.63) is 17.7 Å². The predicted octanol–water partition coefficient (Wildman–Crippen LogP) is 2.97. The maximum absolute atomic E-state index is 10.2. The number of hydrogen-bond donors (Lipinski definition) is 2. The number of β-amino-alcohol motifs (C(OH)–C–C–N with tert-alkyl or cyclic N) is 1. The molecule has 0 radical (unpaired) electrons. The molecule has 1 unspecified atom stereocenters. The molecule has 2 N–H and O–H groups in total. The van der Waals surface area contributed by atoms with Gasteiger partial charge in [-0.15, -0.1) is 0 Å². The largest absolute Gasteiger partial charge is 0.493 e. The molecule has 3 rings (SSSR count). The molecule has 1 atom stereocenters. The van der Waals surface area contributed by atoms with Gasteiger partial charge in [0.05, 0.1) is 33.0 Å². The van der Waals surface area contributed by atoms with Crippen molar-refractivity contribution >= 4 is 16.7 Å². The van der Waals surface area contributed by atoms with Crippen LogP contribution in [0.3, 0.4) is 0 Å². The molecule has 0 bridgehead atoms. The molecule has 0 amide bonds. The number of rotatable bonds is 8. The number of pyridine rings is 1. The van der Waals surface area contributed by atoms with Crippen molar-refractivity contribution in [2.24, 2.45) is 5.92 Å². The van der Waals surface area contributed by atoms with Gasteiger partial charge < -0.3 is 29.5 Å². The molecule has 1 aliphatic heterocycles. The van der Waals surface area contributed by atoms with E-state index in [0.717, 1.165) is 48.2 Å². The summed E-state index contributed by atoms with van der Waals surface area (Å²) in [7, 11) is 4.84. The Morgan fingerprint density at radius 3 is 2.55 bits per heavy atom. The normalized spacial score (nSPS) is 17.1. The molecule has 0 saturated carbocycles. The minimum absolute atomic E-state index is 0.322. The van der Waals surface area contributed by atoms with Crippen LogP contribution in [0.1, 0.15) is 32.3 Å². The highest BCUT2D eigenvalue weighted by Gasteiger charge is 2.24. The van der Waals surface area contributed by atoms with Crippen LogP contribution in [0.25, 0.3) is 10.9 Å². The monoisotopic (exact) mass is 403 g/mol. The molecule has 1 aromatic carbocycles. The van der Waals surface area contributed by atoms with E-state index in [2.05, 4.69) is 30.1 Å². The minimum Gasteiger partial charge on any atom is -0.493 e. The molecule has 29 heavy (non-hydrogen) atoms. The Labute approximate surface area is 173 Å². The average Bonchev–Trinajstić information content (AvgIpc) is 2.71. The Bertz CT molecular complexity index is 841. The van der Waals surface area contributed by atoms with Crippen molar-refractivity contribution in [3.63, 3.8) is 0 Å². The second-order valence-corrected chi connectivity index (χ2v) is 7.95. The molecule has 1 saturated heterocycles. The summed E-state index contributed by atoms with van der Waals surface area (Å²) in [6, 6.07) is 4.00. The number of benzene rings is 1.